The van der Waals surface area contributed by atoms with Crippen LogP contribution in [0.3, 0.4) is 0 Å². The van der Waals surface area contributed by atoms with E-state index in [2.05, 4.69) is 57.2 Å². The lowest BCUT2D eigenvalue weighted by atomic mass is 10.0. The standard InChI is InChI=1S/C57H106O5/c1-4-7-10-13-16-19-22-25-27-29-30-33-35-38-41-44-47-50-56(58)61-54-55(62-57(59)51-48-45-42-39-36-32-24-21-18-15-12-9-6-3)53-60-52-49-46-43-40-37-34-31-28-26-23-20-17-14-11-8-5-2/h25,27,30,33,38,41,55H,4-24,26,28-29,31-32,34-37,39-40,42-54H2,1-3H3/b27-25-,33-30-,41-38-/t55-/m1/s1. The molecule has 0 bridgehead atoms. The van der Waals surface area contributed by atoms with Crippen LogP contribution in [0.5, 0.6) is 0 Å². The number of hydrogen-bond donors (Lipinski definition) is 0. The molecule has 0 rings (SSSR count). The van der Waals surface area contributed by atoms with E-state index in [0.717, 1.165) is 51.4 Å². The molecule has 0 amide bonds. The van der Waals surface area contributed by atoms with Gasteiger partial charge >= 0.3 is 11.9 Å². The molecular weight excluding hydrogens is 765 g/mol. The summed E-state index contributed by atoms with van der Waals surface area (Å²) in [5.74, 6) is -0.440. The Balaban J connectivity index is 4.29. The van der Waals surface area contributed by atoms with Crippen molar-refractivity contribution in [1.82, 2.24) is 0 Å². The number of ether oxygens (including phenoxy) is 3. The van der Waals surface area contributed by atoms with E-state index in [1.807, 2.05) is 0 Å². The zero-order valence-electron chi connectivity index (χ0n) is 41.9. The van der Waals surface area contributed by atoms with Crippen LogP contribution in [0.25, 0.3) is 0 Å². The van der Waals surface area contributed by atoms with E-state index >= 15 is 0 Å². The van der Waals surface area contributed by atoms with E-state index in [0.29, 0.717) is 19.4 Å². The van der Waals surface area contributed by atoms with Gasteiger partial charge in [-0.15, -0.1) is 0 Å². The zero-order valence-corrected chi connectivity index (χ0v) is 41.9. The molecule has 0 fully saturated rings. The summed E-state index contributed by atoms with van der Waals surface area (Å²) in [4.78, 5) is 25.4. The number of carbonyl (C=O) groups excluding carboxylic acids is 2. The van der Waals surface area contributed by atoms with Crippen LogP contribution in [0.1, 0.15) is 290 Å². The van der Waals surface area contributed by atoms with Gasteiger partial charge in [-0.05, 0) is 51.4 Å². The van der Waals surface area contributed by atoms with E-state index < -0.39 is 6.10 Å². The van der Waals surface area contributed by atoms with Gasteiger partial charge in [0, 0.05) is 19.4 Å². The van der Waals surface area contributed by atoms with Gasteiger partial charge in [0.05, 0.1) is 6.61 Å². The average molecular weight is 871 g/mol. The second-order valence-electron chi connectivity index (χ2n) is 18.5. The van der Waals surface area contributed by atoms with Crippen molar-refractivity contribution in [3.63, 3.8) is 0 Å². The lowest BCUT2D eigenvalue weighted by Gasteiger charge is -2.18. The Labute approximate surface area is 387 Å². The van der Waals surface area contributed by atoms with Crippen LogP contribution in [0.4, 0.5) is 0 Å². The minimum Gasteiger partial charge on any atom is -0.462 e. The molecule has 0 spiro atoms. The molecule has 0 aliphatic heterocycles. The van der Waals surface area contributed by atoms with Gasteiger partial charge in [0.2, 0.25) is 0 Å². The quantitative estimate of drug-likeness (QED) is 0.0346. The Bertz CT molecular complexity index is 986. The Hall–Kier alpha value is -1.88. The molecule has 1 atom stereocenters. The van der Waals surface area contributed by atoms with Crippen molar-refractivity contribution < 1.29 is 23.8 Å². The first-order valence-corrected chi connectivity index (χ1v) is 27.5. The largest absolute Gasteiger partial charge is 0.462 e. The molecule has 62 heavy (non-hydrogen) atoms. The maximum atomic E-state index is 12.8. The number of allylic oxidation sites excluding steroid dienone is 6. The zero-order chi connectivity index (χ0) is 44.9. The van der Waals surface area contributed by atoms with E-state index in [4.69, 9.17) is 14.2 Å². The van der Waals surface area contributed by atoms with Gasteiger partial charge in [-0.2, -0.15) is 0 Å². The van der Waals surface area contributed by atoms with Gasteiger partial charge in [-0.3, -0.25) is 9.59 Å². The summed E-state index contributed by atoms with van der Waals surface area (Å²) in [6, 6.07) is 0. The first-order valence-electron chi connectivity index (χ1n) is 27.5. The Morgan fingerprint density at radius 1 is 0.355 bits per heavy atom. The van der Waals surface area contributed by atoms with Gasteiger partial charge in [-0.25, -0.2) is 0 Å². The predicted molar refractivity (Wildman–Crippen MR) is 270 cm³/mol. The molecule has 0 unspecified atom stereocenters. The molecule has 0 aliphatic rings. The molecule has 0 aromatic rings. The van der Waals surface area contributed by atoms with Crippen LogP contribution in [0.2, 0.25) is 0 Å². The number of rotatable bonds is 51. The molecule has 0 heterocycles. The summed E-state index contributed by atoms with van der Waals surface area (Å²) >= 11 is 0. The third-order valence-electron chi connectivity index (χ3n) is 12.2. The SMILES string of the molecule is CCCCCCCC/C=C\C/C=C\C/C=C\CCCC(=O)OC[C@@H](COCCCCCCCCCCCCCCCCCC)OC(=O)CCCCCCCCCCCCCCC. The van der Waals surface area contributed by atoms with Gasteiger partial charge in [-0.1, -0.05) is 263 Å². The highest BCUT2D eigenvalue weighted by Gasteiger charge is 2.17. The van der Waals surface area contributed by atoms with Crippen LogP contribution < -0.4 is 0 Å². The molecule has 0 saturated carbocycles. The fourth-order valence-electron chi connectivity index (χ4n) is 8.06. The molecule has 0 aromatic heterocycles. The van der Waals surface area contributed by atoms with Crippen molar-refractivity contribution in [2.45, 2.75) is 297 Å². The highest BCUT2D eigenvalue weighted by Crippen LogP contribution is 2.16. The third kappa shape index (κ3) is 50.8. The fourth-order valence-corrected chi connectivity index (χ4v) is 8.06. The third-order valence-corrected chi connectivity index (χ3v) is 12.2. The van der Waals surface area contributed by atoms with Crippen LogP contribution in [0.15, 0.2) is 36.5 Å². The lowest BCUT2D eigenvalue weighted by molar-refractivity contribution is -0.163. The molecule has 0 aromatic carbocycles. The summed E-state index contributed by atoms with van der Waals surface area (Å²) in [6.45, 7) is 7.82. The van der Waals surface area contributed by atoms with Gasteiger partial charge < -0.3 is 14.2 Å². The minimum atomic E-state index is -0.549. The van der Waals surface area contributed by atoms with Crippen LogP contribution in [0, 0.1) is 0 Å². The Kier molecular flexibility index (Phi) is 51.8. The van der Waals surface area contributed by atoms with Crippen LogP contribution in [-0.4, -0.2) is 37.9 Å². The molecule has 5 heteroatoms. The topological polar surface area (TPSA) is 61.8 Å². The molecule has 0 N–H and O–H groups in total. The van der Waals surface area contributed by atoms with Crippen molar-refractivity contribution in [2.24, 2.45) is 0 Å². The molecule has 5 nitrogen and oxygen atoms in total. The lowest BCUT2D eigenvalue weighted by Crippen LogP contribution is -2.30. The number of unbranched alkanes of at least 4 members (excludes halogenated alkanes) is 34. The van der Waals surface area contributed by atoms with E-state index in [9.17, 15) is 9.59 Å². The molecule has 364 valence electrons. The minimum absolute atomic E-state index is 0.0656. The Morgan fingerprint density at radius 2 is 0.694 bits per heavy atom. The van der Waals surface area contributed by atoms with Crippen molar-refractivity contribution in [1.29, 1.82) is 0 Å². The van der Waals surface area contributed by atoms with Gasteiger partial charge in [0.15, 0.2) is 6.10 Å². The van der Waals surface area contributed by atoms with E-state index in [-0.39, 0.29) is 25.2 Å². The maximum absolute atomic E-state index is 12.8. The van der Waals surface area contributed by atoms with Gasteiger partial charge in [0.25, 0.3) is 0 Å². The first-order chi connectivity index (χ1) is 30.6. The van der Waals surface area contributed by atoms with Crippen LogP contribution in [-0.2, 0) is 23.8 Å². The second kappa shape index (κ2) is 53.5. The van der Waals surface area contributed by atoms with E-state index in [1.165, 1.54) is 205 Å². The van der Waals surface area contributed by atoms with E-state index in [1.54, 1.807) is 0 Å². The molecule has 0 radical (unpaired) electrons. The summed E-state index contributed by atoms with van der Waals surface area (Å²) in [5, 5.41) is 0. The van der Waals surface area contributed by atoms with Gasteiger partial charge in [0.1, 0.15) is 6.61 Å². The summed E-state index contributed by atoms with van der Waals surface area (Å²) in [6.07, 6.45) is 64.5. The smallest absolute Gasteiger partial charge is 0.306 e. The second-order valence-corrected chi connectivity index (χ2v) is 18.5. The predicted octanol–water partition coefficient (Wildman–Crippen LogP) is 18.6. The molecule has 0 saturated heterocycles. The molecular formula is C57H106O5. The monoisotopic (exact) mass is 871 g/mol. The molecule has 0 aliphatic carbocycles. The summed E-state index contributed by atoms with van der Waals surface area (Å²) in [5.41, 5.74) is 0. The normalized spacial score (nSPS) is 12.4. The maximum Gasteiger partial charge on any atom is 0.306 e. The van der Waals surface area contributed by atoms with Crippen molar-refractivity contribution >= 4 is 11.9 Å². The highest BCUT2D eigenvalue weighted by atomic mass is 16.6. The fraction of sp³-hybridized carbons (Fsp3) is 0.860. The summed E-state index contributed by atoms with van der Waals surface area (Å²) in [7, 11) is 0. The number of hydrogen-bond acceptors (Lipinski definition) is 5. The first kappa shape index (κ1) is 60.1. The average Bonchev–Trinajstić information content (AvgIpc) is 3.27. The van der Waals surface area contributed by atoms with Crippen molar-refractivity contribution in [3.05, 3.63) is 36.5 Å². The van der Waals surface area contributed by atoms with Crippen molar-refractivity contribution in [3.8, 4) is 0 Å². The summed E-state index contributed by atoms with van der Waals surface area (Å²) < 4.78 is 17.4. The highest BCUT2D eigenvalue weighted by molar-refractivity contribution is 5.70. The number of esters is 2. The number of carbonyl (C=O) groups is 2. The van der Waals surface area contributed by atoms with Crippen LogP contribution >= 0.6 is 0 Å². The van der Waals surface area contributed by atoms with Crippen molar-refractivity contribution in [2.75, 3.05) is 19.8 Å². The Morgan fingerprint density at radius 3 is 1.13 bits per heavy atom.